The molecule has 0 aromatic heterocycles. The molecule has 8 heteroatoms. The summed E-state index contributed by atoms with van der Waals surface area (Å²) in [7, 11) is 1.45. The molecule has 3 aromatic carbocycles. The molecular weight excluding hydrogens is 456 g/mol. The highest BCUT2D eigenvalue weighted by Crippen LogP contribution is 2.43. The molecule has 0 spiro atoms. The Kier molecular flexibility index (Phi) is 5.91. The number of nitrogens with zero attached hydrogens (tertiary/aromatic N) is 1. The molecule has 0 saturated carbocycles. The zero-order chi connectivity index (χ0) is 23.0. The zero-order valence-electron chi connectivity index (χ0n) is 16.7. The minimum atomic E-state index is -1.03. The number of carbonyl (C=O) groups is 2. The largest absolute Gasteiger partial charge is 0.507 e. The van der Waals surface area contributed by atoms with Gasteiger partial charge in [0.1, 0.15) is 17.3 Å². The molecule has 1 atom stereocenters. The smallest absolute Gasteiger partial charge is 0.300 e. The van der Waals surface area contributed by atoms with E-state index in [0.29, 0.717) is 16.3 Å². The Morgan fingerprint density at radius 3 is 2.41 bits per heavy atom. The Hall–Kier alpha value is -3.35. The molecule has 1 saturated heterocycles. The van der Waals surface area contributed by atoms with E-state index in [1.54, 1.807) is 30.3 Å². The first kappa shape index (κ1) is 21.9. The van der Waals surface area contributed by atoms with Crippen LogP contribution in [0.3, 0.4) is 0 Å². The van der Waals surface area contributed by atoms with Crippen molar-refractivity contribution in [3.63, 3.8) is 0 Å². The molecule has 1 N–H and O–H groups in total. The fourth-order valence-corrected chi connectivity index (χ4v) is 3.98. The number of amides is 1. The fourth-order valence-electron chi connectivity index (χ4n) is 3.64. The summed E-state index contributed by atoms with van der Waals surface area (Å²) in [5, 5.41) is 11.8. The van der Waals surface area contributed by atoms with E-state index in [4.69, 9.17) is 27.9 Å². The Morgan fingerprint density at radius 2 is 1.75 bits per heavy atom. The van der Waals surface area contributed by atoms with Gasteiger partial charge in [-0.05, 0) is 54.1 Å². The number of aliphatic hydroxyl groups is 1. The van der Waals surface area contributed by atoms with Crippen molar-refractivity contribution in [2.75, 3.05) is 12.0 Å². The summed E-state index contributed by atoms with van der Waals surface area (Å²) in [6.45, 7) is 0. The highest BCUT2D eigenvalue weighted by atomic mass is 35.5. The van der Waals surface area contributed by atoms with E-state index >= 15 is 0 Å². The number of Topliss-reactive ketones (excluding diaryl/α,β-unsaturated/α-hetero) is 1. The van der Waals surface area contributed by atoms with Gasteiger partial charge in [0.25, 0.3) is 11.7 Å². The molecule has 1 heterocycles. The monoisotopic (exact) mass is 471 g/mol. The molecule has 1 aliphatic heterocycles. The third-order valence-corrected chi connectivity index (χ3v) is 5.73. The number of rotatable bonds is 4. The van der Waals surface area contributed by atoms with Gasteiger partial charge in [-0.3, -0.25) is 14.5 Å². The van der Waals surface area contributed by atoms with Crippen LogP contribution in [-0.2, 0) is 9.59 Å². The van der Waals surface area contributed by atoms with Crippen molar-refractivity contribution < 1.29 is 23.8 Å². The maximum Gasteiger partial charge on any atom is 0.300 e. The second-order valence-corrected chi connectivity index (χ2v) is 7.89. The van der Waals surface area contributed by atoms with Gasteiger partial charge in [0, 0.05) is 16.3 Å². The van der Waals surface area contributed by atoms with Gasteiger partial charge in [0.05, 0.1) is 23.7 Å². The first-order valence-electron chi connectivity index (χ1n) is 9.47. The fraction of sp³-hybridized carbons (Fsp3) is 0.0833. The number of halogens is 3. The standard InChI is InChI=1S/C24H16Cl2FNO4/c1-32-17-9-10-19(26)18(12-17)22(29)20-21(13-5-7-14(25)8-6-13)28(24(31)23(20)30)16-4-2-3-15(27)11-16/h2-12,21,29H,1H3/b22-20+. The summed E-state index contributed by atoms with van der Waals surface area (Å²) >= 11 is 12.3. The van der Waals surface area contributed by atoms with Crippen LogP contribution in [0.4, 0.5) is 10.1 Å². The van der Waals surface area contributed by atoms with Crippen molar-refractivity contribution in [3.05, 3.63) is 99.3 Å². The summed E-state index contributed by atoms with van der Waals surface area (Å²) in [4.78, 5) is 27.3. The Labute approximate surface area is 193 Å². The van der Waals surface area contributed by atoms with Crippen LogP contribution in [0.5, 0.6) is 5.75 Å². The molecule has 0 bridgehead atoms. The van der Waals surface area contributed by atoms with E-state index in [0.717, 1.165) is 11.0 Å². The molecule has 1 fully saturated rings. The lowest BCUT2D eigenvalue weighted by atomic mass is 9.95. The van der Waals surface area contributed by atoms with Crippen LogP contribution in [0.2, 0.25) is 10.0 Å². The highest BCUT2D eigenvalue weighted by molar-refractivity contribution is 6.52. The van der Waals surface area contributed by atoms with Crippen LogP contribution >= 0.6 is 23.2 Å². The van der Waals surface area contributed by atoms with Gasteiger partial charge < -0.3 is 9.84 Å². The molecule has 0 aliphatic carbocycles. The maximum atomic E-state index is 14.0. The van der Waals surface area contributed by atoms with Gasteiger partial charge in [-0.2, -0.15) is 0 Å². The minimum absolute atomic E-state index is 0.127. The second-order valence-electron chi connectivity index (χ2n) is 7.05. The van der Waals surface area contributed by atoms with E-state index in [1.165, 1.54) is 37.4 Å². The van der Waals surface area contributed by atoms with E-state index in [1.807, 2.05) is 0 Å². The quantitative estimate of drug-likeness (QED) is 0.298. The number of ether oxygens (including phenoxy) is 1. The normalized spacial score (nSPS) is 17.6. The van der Waals surface area contributed by atoms with Crippen molar-refractivity contribution in [3.8, 4) is 5.75 Å². The number of ketones is 1. The molecule has 3 aromatic rings. The number of anilines is 1. The number of aliphatic hydroxyl groups excluding tert-OH is 1. The average molecular weight is 472 g/mol. The van der Waals surface area contributed by atoms with Crippen LogP contribution in [-0.4, -0.2) is 23.9 Å². The molecule has 1 amide bonds. The summed E-state index contributed by atoms with van der Waals surface area (Å²) < 4.78 is 19.1. The van der Waals surface area contributed by atoms with E-state index in [2.05, 4.69) is 0 Å². The zero-order valence-corrected chi connectivity index (χ0v) is 18.2. The number of methoxy groups -OCH3 is 1. The first-order valence-corrected chi connectivity index (χ1v) is 10.2. The third kappa shape index (κ3) is 3.83. The Balaban J connectivity index is 1.98. The van der Waals surface area contributed by atoms with Gasteiger partial charge in [0.15, 0.2) is 0 Å². The van der Waals surface area contributed by atoms with Crippen molar-refractivity contribution >= 4 is 46.3 Å². The van der Waals surface area contributed by atoms with E-state index < -0.39 is 29.3 Å². The molecular formula is C24H16Cl2FNO4. The minimum Gasteiger partial charge on any atom is -0.507 e. The number of benzene rings is 3. The van der Waals surface area contributed by atoms with Crippen LogP contribution in [0, 0.1) is 5.82 Å². The van der Waals surface area contributed by atoms with Crippen molar-refractivity contribution in [1.29, 1.82) is 0 Å². The van der Waals surface area contributed by atoms with Gasteiger partial charge in [-0.25, -0.2) is 4.39 Å². The van der Waals surface area contributed by atoms with E-state index in [-0.39, 0.29) is 21.8 Å². The van der Waals surface area contributed by atoms with Crippen molar-refractivity contribution in [1.82, 2.24) is 0 Å². The average Bonchev–Trinajstić information content (AvgIpc) is 3.05. The topological polar surface area (TPSA) is 66.8 Å². The third-order valence-electron chi connectivity index (χ3n) is 5.15. The number of carbonyl (C=O) groups excluding carboxylic acids is 2. The van der Waals surface area contributed by atoms with E-state index in [9.17, 15) is 19.1 Å². The maximum absolute atomic E-state index is 14.0. The predicted molar refractivity (Wildman–Crippen MR) is 121 cm³/mol. The summed E-state index contributed by atoms with van der Waals surface area (Å²) in [6.07, 6.45) is 0. The van der Waals surface area contributed by atoms with Crippen LogP contribution in [0.25, 0.3) is 5.76 Å². The number of hydrogen-bond donors (Lipinski definition) is 1. The summed E-state index contributed by atoms with van der Waals surface area (Å²) in [5.74, 6) is -2.47. The van der Waals surface area contributed by atoms with Gasteiger partial charge in [0.2, 0.25) is 0 Å². The van der Waals surface area contributed by atoms with Crippen LogP contribution in [0.1, 0.15) is 17.2 Å². The SMILES string of the molecule is COc1ccc(Cl)c(/C(O)=C2\C(=O)C(=O)N(c3cccc(F)c3)C2c2ccc(Cl)cc2)c1. The second kappa shape index (κ2) is 8.65. The van der Waals surface area contributed by atoms with Crippen molar-refractivity contribution in [2.45, 2.75) is 6.04 Å². The predicted octanol–water partition coefficient (Wildman–Crippen LogP) is 5.77. The molecule has 162 valence electrons. The Morgan fingerprint density at radius 1 is 1.03 bits per heavy atom. The number of hydrogen-bond acceptors (Lipinski definition) is 4. The lowest BCUT2D eigenvalue weighted by Crippen LogP contribution is -2.29. The molecule has 0 radical (unpaired) electrons. The van der Waals surface area contributed by atoms with Crippen LogP contribution in [0.15, 0.2) is 72.3 Å². The summed E-state index contributed by atoms with van der Waals surface area (Å²) in [5.41, 5.74) is 0.611. The lowest BCUT2D eigenvalue weighted by molar-refractivity contribution is -0.132. The summed E-state index contributed by atoms with van der Waals surface area (Å²) in [6, 6.07) is 15.3. The molecule has 1 unspecified atom stereocenters. The first-order chi connectivity index (χ1) is 15.3. The van der Waals surface area contributed by atoms with Gasteiger partial charge >= 0.3 is 0 Å². The van der Waals surface area contributed by atoms with Crippen LogP contribution < -0.4 is 9.64 Å². The molecule has 4 rings (SSSR count). The molecule has 32 heavy (non-hydrogen) atoms. The van der Waals surface area contributed by atoms with Gasteiger partial charge in [-0.1, -0.05) is 41.4 Å². The lowest BCUT2D eigenvalue weighted by Gasteiger charge is -2.25. The van der Waals surface area contributed by atoms with Gasteiger partial charge in [-0.15, -0.1) is 0 Å². The Bertz CT molecular complexity index is 1260. The molecule has 1 aliphatic rings. The molecule has 5 nitrogen and oxygen atoms in total. The van der Waals surface area contributed by atoms with Crippen molar-refractivity contribution in [2.24, 2.45) is 0 Å². The highest BCUT2D eigenvalue weighted by Gasteiger charge is 2.47.